The summed E-state index contributed by atoms with van der Waals surface area (Å²) in [4.78, 5) is 4.62. The number of benzene rings is 5. The van der Waals surface area contributed by atoms with Crippen LogP contribution < -0.4 is 0 Å². The van der Waals surface area contributed by atoms with Crippen LogP contribution >= 0.6 is 0 Å². The van der Waals surface area contributed by atoms with Gasteiger partial charge in [0.15, 0.2) is 11.2 Å². The molecule has 4 heterocycles. The Bertz CT molecular complexity index is 2500. The van der Waals surface area contributed by atoms with Gasteiger partial charge in [-0.2, -0.15) is 5.26 Å². The first-order valence-electron chi connectivity index (χ1n) is 13.4. The van der Waals surface area contributed by atoms with Crippen LogP contribution in [0, 0.1) is 11.3 Å². The van der Waals surface area contributed by atoms with Crippen LogP contribution in [0.2, 0.25) is 0 Å². The summed E-state index contributed by atoms with van der Waals surface area (Å²) in [6.45, 7) is 0. The summed E-state index contributed by atoms with van der Waals surface area (Å²) in [5, 5.41) is 14.7. The number of aromatic nitrogens is 2. The van der Waals surface area contributed by atoms with Gasteiger partial charge in [0.05, 0.1) is 28.4 Å². The van der Waals surface area contributed by atoms with Crippen LogP contribution in [0.1, 0.15) is 5.56 Å². The van der Waals surface area contributed by atoms with Gasteiger partial charge in [0.1, 0.15) is 16.7 Å². The van der Waals surface area contributed by atoms with Crippen molar-refractivity contribution in [1.29, 1.82) is 5.26 Å². The number of para-hydroxylation sites is 4. The number of fused-ring (bicyclic) bond motifs is 9. The molecule has 0 aliphatic carbocycles. The summed E-state index contributed by atoms with van der Waals surface area (Å²) in [6, 6.07) is 39.2. The Labute approximate surface area is 233 Å². The van der Waals surface area contributed by atoms with Gasteiger partial charge in [-0.3, -0.25) is 4.98 Å². The molecule has 0 saturated carbocycles. The third-order valence-corrected chi connectivity index (χ3v) is 8.10. The van der Waals surface area contributed by atoms with Crippen LogP contribution in [-0.4, -0.2) is 9.55 Å². The summed E-state index contributed by atoms with van der Waals surface area (Å²) in [5.74, 6) is 0. The predicted molar refractivity (Wildman–Crippen MR) is 163 cm³/mol. The molecule has 0 N–H and O–H groups in total. The van der Waals surface area contributed by atoms with E-state index in [1.165, 1.54) is 10.8 Å². The Morgan fingerprint density at radius 1 is 0.585 bits per heavy atom. The molecule has 5 heteroatoms. The van der Waals surface area contributed by atoms with Gasteiger partial charge in [0, 0.05) is 44.3 Å². The van der Waals surface area contributed by atoms with Crippen molar-refractivity contribution in [2.45, 2.75) is 0 Å². The minimum Gasteiger partial charge on any atom is -0.454 e. The highest BCUT2D eigenvalue weighted by Crippen LogP contribution is 2.42. The molecule has 4 aromatic heterocycles. The summed E-state index contributed by atoms with van der Waals surface area (Å²) in [5.41, 5.74) is 9.39. The molecule has 0 radical (unpaired) electrons. The zero-order chi connectivity index (χ0) is 27.1. The van der Waals surface area contributed by atoms with Crippen LogP contribution in [0.4, 0.5) is 0 Å². The van der Waals surface area contributed by atoms with Gasteiger partial charge in [-0.05, 0) is 42.5 Å². The Hall–Kier alpha value is -5.86. The Balaban J connectivity index is 1.35. The minimum absolute atomic E-state index is 0.573. The van der Waals surface area contributed by atoms with Crippen molar-refractivity contribution < 1.29 is 8.83 Å². The van der Waals surface area contributed by atoms with Gasteiger partial charge in [-0.15, -0.1) is 0 Å². The SMILES string of the molecule is N#Cc1ccc2oc3c(-c4cccc5c4oc4c(-n6c7ccccc7c7ccccc76)cccc45)ccnc3c2c1. The monoisotopic (exact) mass is 525 g/mol. The van der Waals surface area contributed by atoms with E-state index in [1.54, 1.807) is 12.3 Å². The van der Waals surface area contributed by atoms with E-state index in [0.717, 1.165) is 60.7 Å². The number of nitriles is 1. The summed E-state index contributed by atoms with van der Waals surface area (Å²) >= 11 is 0. The average molecular weight is 526 g/mol. The van der Waals surface area contributed by atoms with Crippen LogP contribution in [0.15, 0.2) is 124 Å². The molecule has 0 aliphatic heterocycles. The maximum Gasteiger partial charge on any atom is 0.161 e. The molecular weight excluding hydrogens is 506 g/mol. The highest BCUT2D eigenvalue weighted by molar-refractivity contribution is 6.16. The molecular formula is C36H19N3O2. The molecule has 0 aliphatic rings. The summed E-state index contributed by atoms with van der Waals surface area (Å²) in [7, 11) is 0. The maximum absolute atomic E-state index is 9.42. The number of rotatable bonds is 2. The fourth-order valence-electron chi connectivity index (χ4n) is 6.31. The Kier molecular flexibility index (Phi) is 4.33. The lowest BCUT2D eigenvalue weighted by atomic mass is 10.0. The topological polar surface area (TPSA) is 67.9 Å². The molecule has 0 spiro atoms. The molecule has 9 aromatic rings. The second-order valence-corrected chi connectivity index (χ2v) is 10.3. The van der Waals surface area contributed by atoms with Crippen molar-refractivity contribution in [3.05, 3.63) is 121 Å². The maximum atomic E-state index is 9.42. The fourth-order valence-corrected chi connectivity index (χ4v) is 6.31. The predicted octanol–water partition coefficient (Wildman–Crippen LogP) is 9.52. The van der Waals surface area contributed by atoms with Crippen molar-refractivity contribution in [3.8, 4) is 22.9 Å². The first-order chi connectivity index (χ1) is 20.3. The number of hydrogen-bond donors (Lipinski definition) is 0. The molecule has 41 heavy (non-hydrogen) atoms. The van der Waals surface area contributed by atoms with Gasteiger partial charge in [0.2, 0.25) is 0 Å². The molecule has 9 rings (SSSR count). The van der Waals surface area contributed by atoms with Crippen molar-refractivity contribution in [2.24, 2.45) is 0 Å². The lowest BCUT2D eigenvalue weighted by molar-refractivity contribution is 0.663. The first-order valence-corrected chi connectivity index (χ1v) is 13.4. The molecule has 0 amide bonds. The summed E-state index contributed by atoms with van der Waals surface area (Å²) in [6.07, 6.45) is 1.79. The van der Waals surface area contributed by atoms with Crippen LogP contribution in [0.3, 0.4) is 0 Å². The zero-order valence-corrected chi connectivity index (χ0v) is 21.6. The third kappa shape index (κ3) is 2.96. The number of hydrogen-bond acceptors (Lipinski definition) is 4. The van der Waals surface area contributed by atoms with E-state index in [-0.39, 0.29) is 0 Å². The largest absolute Gasteiger partial charge is 0.454 e. The standard InChI is InChI=1S/C36H19N3O2/c37-20-21-15-16-32-28(19-21)33-36(40-32)27(17-18-38-33)25-10-5-9-24-26-11-6-14-31(35(26)41-34(24)25)39-29-12-3-1-7-22(29)23-8-2-4-13-30(23)39/h1-19H. The molecule has 0 saturated heterocycles. The van der Waals surface area contributed by atoms with Crippen LogP contribution in [0.5, 0.6) is 0 Å². The number of nitrogens with zero attached hydrogens (tertiary/aromatic N) is 3. The van der Waals surface area contributed by atoms with E-state index in [2.05, 4.69) is 101 Å². The average Bonchev–Trinajstić information content (AvgIpc) is 3.70. The van der Waals surface area contributed by atoms with Crippen LogP contribution in [-0.2, 0) is 0 Å². The van der Waals surface area contributed by atoms with Crippen molar-refractivity contribution >= 4 is 65.8 Å². The molecule has 0 fully saturated rings. The number of pyridine rings is 1. The van der Waals surface area contributed by atoms with Crippen molar-refractivity contribution in [3.63, 3.8) is 0 Å². The quantitative estimate of drug-likeness (QED) is 0.225. The molecule has 0 bridgehead atoms. The molecule has 190 valence electrons. The highest BCUT2D eigenvalue weighted by atomic mass is 16.3. The van der Waals surface area contributed by atoms with Crippen molar-refractivity contribution in [1.82, 2.24) is 9.55 Å². The Morgan fingerprint density at radius 2 is 1.27 bits per heavy atom. The lowest BCUT2D eigenvalue weighted by Crippen LogP contribution is -1.93. The normalized spacial score (nSPS) is 11.9. The van der Waals surface area contributed by atoms with Gasteiger partial charge in [-0.25, -0.2) is 0 Å². The Morgan fingerprint density at radius 3 is 2.05 bits per heavy atom. The van der Waals surface area contributed by atoms with Gasteiger partial charge >= 0.3 is 0 Å². The van der Waals surface area contributed by atoms with Gasteiger partial charge in [0.25, 0.3) is 0 Å². The summed E-state index contributed by atoms with van der Waals surface area (Å²) < 4.78 is 15.4. The zero-order valence-electron chi connectivity index (χ0n) is 21.6. The fraction of sp³-hybridized carbons (Fsp3) is 0. The molecule has 0 unspecified atom stereocenters. The van der Waals surface area contributed by atoms with E-state index in [4.69, 9.17) is 8.83 Å². The minimum atomic E-state index is 0.573. The van der Waals surface area contributed by atoms with Gasteiger partial charge in [-0.1, -0.05) is 66.7 Å². The molecule has 0 atom stereocenters. The second-order valence-electron chi connectivity index (χ2n) is 10.3. The van der Waals surface area contributed by atoms with E-state index in [1.807, 2.05) is 18.2 Å². The first kappa shape index (κ1) is 22.0. The third-order valence-electron chi connectivity index (χ3n) is 8.10. The lowest BCUT2D eigenvalue weighted by Gasteiger charge is -2.08. The molecule has 5 nitrogen and oxygen atoms in total. The van der Waals surface area contributed by atoms with E-state index in [0.29, 0.717) is 16.7 Å². The smallest absolute Gasteiger partial charge is 0.161 e. The van der Waals surface area contributed by atoms with Crippen LogP contribution in [0.25, 0.3) is 82.6 Å². The highest BCUT2D eigenvalue weighted by Gasteiger charge is 2.21. The van der Waals surface area contributed by atoms with Crippen molar-refractivity contribution in [2.75, 3.05) is 0 Å². The van der Waals surface area contributed by atoms with E-state index in [9.17, 15) is 5.26 Å². The number of furan rings is 2. The van der Waals surface area contributed by atoms with E-state index >= 15 is 0 Å². The van der Waals surface area contributed by atoms with E-state index < -0.39 is 0 Å². The molecule has 5 aromatic carbocycles. The second kappa shape index (κ2) is 8.08. The van der Waals surface area contributed by atoms with Gasteiger partial charge < -0.3 is 13.4 Å².